The normalized spacial score (nSPS) is 22.8. The first-order valence-corrected chi connectivity index (χ1v) is 13.3. The highest BCUT2D eigenvalue weighted by atomic mass is 16.6. The van der Waals surface area contributed by atoms with Gasteiger partial charge in [-0.25, -0.2) is 4.79 Å². The molecule has 0 bridgehead atoms. The van der Waals surface area contributed by atoms with E-state index in [9.17, 15) is 9.59 Å². The fourth-order valence-electron chi connectivity index (χ4n) is 5.92. The van der Waals surface area contributed by atoms with E-state index in [0.29, 0.717) is 47.8 Å². The highest BCUT2D eigenvalue weighted by molar-refractivity contribution is 6.04. The van der Waals surface area contributed by atoms with E-state index < -0.39 is 11.9 Å². The smallest absolute Gasteiger partial charge is 0.336 e. The summed E-state index contributed by atoms with van der Waals surface area (Å²) in [4.78, 5) is 27.5. The Morgan fingerprint density at radius 1 is 1.00 bits per heavy atom. The third-order valence-corrected chi connectivity index (χ3v) is 7.79. The number of nitrogens with one attached hydrogen (secondary N) is 1. The van der Waals surface area contributed by atoms with Gasteiger partial charge < -0.3 is 29.0 Å². The first kappa shape index (κ1) is 26.8. The third kappa shape index (κ3) is 5.26. The number of para-hydroxylation sites is 1. The fourth-order valence-corrected chi connectivity index (χ4v) is 5.92. The van der Waals surface area contributed by atoms with Crippen LogP contribution in [0.4, 0.5) is 0 Å². The van der Waals surface area contributed by atoms with E-state index in [0.717, 1.165) is 35.4 Å². The van der Waals surface area contributed by atoms with E-state index in [4.69, 9.17) is 23.7 Å². The standard InChI is InChI=1S/C31H35NO7/c1-18-28(31(34)39-17-21-8-7-13-38-21)29(19-11-12-26(36-3)27(16-19)37-4)30-23(32-18)14-20(15-24(30)33)22-9-5-6-10-25(22)35-2/h5-6,9-12,16,20-21,29,32H,7-8,13-15,17H2,1-4H3/t20-,21-,29-/m1/s1. The number of benzene rings is 2. The van der Waals surface area contributed by atoms with Crippen molar-refractivity contribution in [1.29, 1.82) is 0 Å². The van der Waals surface area contributed by atoms with Gasteiger partial charge in [0.05, 0.1) is 33.0 Å². The van der Waals surface area contributed by atoms with Crippen molar-refractivity contribution in [3.8, 4) is 17.2 Å². The average Bonchev–Trinajstić information content (AvgIpc) is 3.48. The molecule has 2 aromatic carbocycles. The molecule has 2 aliphatic heterocycles. The Hall–Kier alpha value is -3.78. The van der Waals surface area contributed by atoms with Crippen LogP contribution in [0.15, 0.2) is 65.0 Å². The summed E-state index contributed by atoms with van der Waals surface area (Å²) in [6.07, 6.45) is 2.64. The molecule has 1 fully saturated rings. The van der Waals surface area contributed by atoms with Crippen molar-refractivity contribution in [2.24, 2.45) is 0 Å². The Labute approximate surface area is 228 Å². The van der Waals surface area contributed by atoms with Crippen LogP contribution in [0.5, 0.6) is 17.2 Å². The molecule has 3 aliphatic rings. The van der Waals surface area contributed by atoms with Gasteiger partial charge in [-0.2, -0.15) is 0 Å². The number of ketones is 1. The Morgan fingerprint density at radius 2 is 1.77 bits per heavy atom. The molecule has 1 saturated heterocycles. The number of carbonyl (C=O) groups excluding carboxylic acids is 2. The van der Waals surface area contributed by atoms with Gasteiger partial charge >= 0.3 is 5.97 Å². The van der Waals surface area contributed by atoms with Crippen LogP contribution in [0.25, 0.3) is 0 Å². The molecule has 1 N–H and O–H groups in total. The first-order chi connectivity index (χ1) is 18.9. The molecule has 3 atom stereocenters. The number of allylic oxidation sites excluding steroid dienone is 3. The maximum absolute atomic E-state index is 13.9. The molecular weight excluding hydrogens is 498 g/mol. The number of esters is 1. The largest absolute Gasteiger partial charge is 0.496 e. The van der Waals surface area contributed by atoms with Crippen molar-refractivity contribution in [3.05, 3.63) is 76.1 Å². The van der Waals surface area contributed by atoms with E-state index >= 15 is 0 Å². The molecule has 0 saturated carbocycles. The predicted molar refractivity (Wildman–Crippen MR) is 145 cm³/mol. The van der Waals surface area contributed by atoms with E-state index in [1.165, 1.54) is 0 Å². The zero-order valence-corrected chi connectivity index (χ0v) is 22.9. The minimum atomic E-state index is -0.607. The number of methoxy groups -OCH3 is 3. The Balaban J connectivity index is 1.55. The molecule has 39 heavy (non-hydrogen) atoms. The van der Waals surface area contributed by atoms with Crippen molar-refractivity contribution in [1.82, 2.24) is 5.32 Å². The number of rotatable bonds is 8. The van der Waals surface area contributed by atoms with Crippen molar-refractivity contribution in [3.63, 3.8) is 0 Å². The molecule has 8 heteroatoms. The Bertz CT molecular complexity index is 1320. The number of dihydropyridines is 1. The second-order valence-corrected chi connectivity index (χ2v) is 10.1. The summed E-state index contributed by atoms with van der Waals surface area (Å²) in [5.41, 5.74) is 4.24. The van der Waals surface area contributed by atoms with Crippen molar-refractivity contribution >= 4 is 11.8 Å². The lowest BCUT2D eigenvalue weighted by Gasteiger charge is -2.37. The summed E-state index contributed by atoms with van der Waals surface area (Å²) in [5.74, 6) is 0.723. The predicted octanol–water partition coefficient (Wildman–Crippen LogP) is 4.80. The minimum absolute atomic E-state index is 0.0173. The van der Waals surface area contributed by atoms with E-state index in [-0.39, 0.29) is 24.4 Å². The monoisotopic (exact) mass is 533 g/mol. The van der Waals surface area contributed by atoms with E-state index in [1.807, 2.05) is 43.3 Å². The summed E-state index contributed by atoms with van der Waals surface area (Å²) in [6.45, 7) is 2.72. The molecule has 2 heterocycles. The summed E-state index contributed by atoms with van der Waals surface area (Å²) >= 11 is 0. The highest BCUT2D eigenvalue weighted by Crippen LogP contribution is 2.48. The van der Waals surface area contributed by atoms with Gasteiger partial charge in [0.25, 0.3) is 0 Å². The second kappa shape index (κ2) is 11.5. The van der Waals surface area contributed by atoms with Crippen LogP contribution in [0.2, 0.25) is 0 Å². The molecule has 0 unspecified atom stereocenters. The van der Waals surface area contributed by atoms with Crippen LogP contribution in [0, 0.1) is 0 Å². The Kier molecular flexibility index (Phi) is 7.93. The number of Topliss-reactive ketones (excluding diaryl/α,β-unsaturated/α-hetero) is 1. The first-order valence-electron chi connectivity index (χ1n) is 13.3. The Morgan fingerprint density at radius 3 is 2.49 bits per heavy atom. The van der Waals surface area contributed by atoms with Crippen molar-refractivity contribution in [2.45, 2.75) is 50.5 Å². The molecular formula is C31H35NO7. The van der Waals surface area contributed by atoms with E-state index in [2.05, 4.69) is 5.32 Å². The SMILES string of the molecule is COc1ccc([C@@H]2C(C(=O)OC[C@H]3CCCO3)=C(C)NC3=C2C(=O)C[C@H](c2ccccc2OC)C3)cc1OC. The van der Waals surface area contributed by atoms with Crippen molar-refractivity contribution in [2.75, 3.05) is 34.5 Å². The fraction of sp³-hybridized carbons (Fsp3) is 0.419. The van der Waals surface area contributed by atoms with Crippen molar-refractivity contribution < 1.29 is 33.3 Å². The summed E-state index contributed by atoms with van der Waals surface area (Å²) in [6, 6.07) is 13.3. The van der Waals surface area contributed by atoms with Crippen LogP contribution >= 0.6 is 0 Å². The molecule has 0 spiro atoms. The van der Waals surface area contributed by atoms with Crippen LogP contribution in [0.1, 0.15) is 55.6 Å². The number of ether oxygens (including phenoxy) is 5. The van der Waals surface area contributed by atoms with Crippen LogP contribution in [0.3, 0.4) is 0 Å². The third-order valence-electron chi connectivity index (χ3n) is 7.79. The molecule has 0 radical (unpaired) electrons. The number of hydrogen-bond donors (Lipinski definition) is 1. The minimum Gasteiger partial charge on any atom is -0.496 e. The van der Waals surface area contributed by atoms with Gasteiger partial charge in [0.15, 0.2) is 17.3 Å². The lowest BCUT2D eigenvalue weighted by Crippen LogP contribution is -2.36. The summed E-state index contributed by atoms with van der Waals surface area (Å²) in [5, 5.41) is 3.41. The molecule has 0 aromatic heterocycles. The molecule has 206 valence electrons. The van der Waals surface area contributed by atoms with Gasteiger partial charge in [-0.3, -0.25) is 4.79 Å². The topological polar surface area (TPSA) is 92.3 Å². The zero-order chi connectivity index (χ0) is 27.5. The van der Waals surface area contributed by atoms with Gasteiger partial charge in [0.2, 0.25) is 0 Å². The molecule has 1 aliphatic carbocycles. The van der Waals surface area contributed by atoms with Gasteiger partial charge in [-0.1, -0.05) is 24.3 Å². The van der Waals surface area contributed by atoms with E-state index in [1.54, 1.807) is 27.4 Å². The molecule has 8 nitrogen and oxygen atoms in total. The summed E-state index contributed by atoms with van der Waals surface area (Å²) < 4.78 is 28.0. The highest BCUT2D eigenvalue weighted by Gasteiger charge is 2.42. The van der Waals surface area contributed by atoms with Crippen LogP contribution in [-0.4, -0.2) is 52.4 Å². The van der Waals surface area contributed by atoms with Crippen LogP contribution < -0.4 is 19.5 Å². The zero-order valence-electron chi connectivity index (χ0n) is 22.9. The quantitative estimate of drug-likeness (QED) is 0.484. The number of carbonyl (C=O) groups is 2. The second-order valence-electron chi connectivity index (χ2n) is 10.1. The van der Waals surface area contributed by atoms with Gasteiger partial charge in [-0.05, 0) is 55.5 Å². The summed E-state index contributed by atoms with van der Waals surface area (Å²) in [7, 11) is 4.78. The van der Waals surface area contributed by atoms with Gasteiger partial charge in [-0.15, -0.1) is 0 Å². The molecule has 5 rings (SSSR count). The molecule has 0 amide bonds. The maximum Gasteiger partial charge on any atom is 0.336 e. The van der Waals surface area contributed by atoms with Crippen LogP contribution in [-0.2, 0) is 19.1 Å². The maximum atomic E-state index is 13.9. The number of hydrogen-bond acceptors (Lipinski definition) is 8. The van der Waals surface area contributed by atoms with Gasteiger partial charge in [0, 0.05) is 41.8 Å². The van der Waals surface area contributed by atoms with Gasteiger partial charge in [0.1, 0.15) is 12.4 Å². The lowest BCUT2D eigenvalue weighted by molar-refractivity contribution is -0.142. The lowest BCUT2D eigenvalue weighted by atomic mass is 9.71. The molecule has 2 aromatic rings. The average molecular weight is 534 g/mol.